The number of carbonyl (C=O) groups is 1. The fourth-order valence-electron chi connectivity index (χ4n) is 2.82. The van der Waals surface area contributed by atoms with Crippen molar-refractivity contribution in [2.75, 3.05) is 33.2 Å². The van der Waals surface area contributed by atoms with Crippen molar-refractivity contribution in [2.24, 2.45) is 0 Å². The molecule has 0 heterocycles. The fourth-order valence-corrected chi connectivity index (χ4v) is 4.28. The summed E-state index contributed by atoms with van der Waals surface area (Å²) in [6.45, 7) is 3.56. The number of methoxy groups -OCH3 is 3. The van der Waals surface area contributed by atoms with Crippen molar-refractivity contribution in [1.82, 2.24) is 4.31 Å². The molecule has 0 saturated heterocycles. The fraction of sp³-hybridized carbons (Fsp3) is 0.350. The second-order valence-corrected chi connectivity index (χ2v) is 8.10. The van der Waals surface area contributed by atoms with Gasteiger partial charge in [0, 0.05) is 26.1 Å². The number of nitrogens with zero attached hydrogens (tertiary/aromatic N) is 1. The standard InChI is InChI=1S/C20H26N2O6S/c1-6-22(13-15-7-10-18(26-3)20(11-15)28-5)29(24,25)16-8-9-17(21-14(2)23)19(12-16)27-4/h7-12H,6,13H2,1-5H3,(H,21,23). The van der Waals surface area contributed by atoms with E-state index >= 15 is 0 Å². The van der Waals surface area contributed by atoms with E-state index in [-0.39, 0.29) is 29.6 Å². The van der Waals surface area contributed by atoms with Crippen LogP contribution in [-0.4, -0.2) is 46.5 Å². The SMILES string of the molecule is CCN(Cc1ccc(OC)c(OC)c1)S(=O)(=O)c1ccc(NC(C)=O)c(OC)c1. The Bertz CT molecular complexity index is 975. The third-order valence-corrected chi connectivity index (χ3v) is 6.20. The van der Waals surface area contributed by atoms with Crippen LogP contribution in [0.25, 0.3) is 0 Å². The summed E-state index contributed by atoms with van der Waals surface area (Å²) in [5, 5.41) is 2.61. The van der Waals surface area contributed by atoms with E-state index in [0.717, 1.165) is 5.56 Å². The van der Waals surface area contributed by atoms with E-state index in [1.165, 1.54) is 43.6 Å². The molecule has 0 radical (unpaired) electrons. The number of nitrogens with one attached hydrogen (secondary N) is 1. The molecular formula is C20H26N2O6S. The number of carbonyl (C=O) groups excluding carboxylic acids is 1. The quantitative estimate of drug-likeness (QED) is 0.668. The molecule has 0 atom stereocenters. The van der Waals surface area contributed by atoms with Crippen LogP contribution in [-0.2, 0) is 21.4 Å². The molecule has 2 rings (SSSR count). The maximum absolute atomic E-state index is 13.2. The minimum absolute atomic E-state index is 0.0748. The normalized spacial score (nSPS) is 11.2. The summed E-state index contributed by atoms with van der Waals surface area (Å²) >= 11 is 0. The van der Waals surface area contributed by atoms with E-state index in [4.69, 9.17) is 14.2 Å². The van der Waals surface area contributed by atoms with E-state index in [0.29, 0.717) is 17.2 Å². The minimum atomic E-state index is -3.79. The minimum Gasteiger partial charge on any atom is -0.495 e. The molecule has 0 aromatic heterocycles. The van der Waals surface area contributed by atoms with Crippen LogP contribution in [0.4, 0.5) is 5.69 Å². The molecule has 1 N–H and O–H groups in total. The first-order valence-electron chi connectivity index (χ1n) is 8.93. The zero-order valence-electron chi connectivity index (χ0n) is 17.2. The van der Waals surface area contributed by atoms with Crippen molar-refractivity contribution in [2.45, 2.75) is 25.3 Å². The first kappa shape index (κ1) is 22.5. The molecule has 1 amide bonds. The first-order valence-corrected chi connectivity index (χ1v) is 10.4. The molecule has 0 saturated carbocycles. The molecule has 29 heavy (non-hydrogen) atoms. The van der Waals surface area contributed by atoms with Gasteiger partial charge in [0.05, 0.1) is 31.9 Å². The lowest BCUT2D eigenvalue weighted by atomic mass is 10.2. The third kappa shape index (κ3) is 5.18. The second kappa shape index (κ2) is 9.62. The highest BCUT2D eigenvalue weighted by Gasteiger charge is 2.25. The van der Waals surface area contributed by atoms with Gasteiger partial charge < -0.3 is 19.5 Å². The van der Waals surface area contributed by atoms with E-state index < -0.39 is 10.0 Å². The molecule has 0 aliphatic rings. The Morgan fingerprint density at radius 3 is 2.17 bits per heavy atom. The summed E-state index contributed by atoms with van der Waals surface area (Å²) in [5.74, 6) is 1.09. The van der Waals surface area contributed by atoms with Crippen molar-refractivity contribution < 1.29 is 27.4 Å². The molecule has 0 fully saturated rings. The van der Waals surface area contributed by atoms with Gasteiger partial charge in [0.2, 0.25) is 15.9 Å². The Hall–Kier alpha value is -2.78. The number of amides is 1. The molecule has 8 nitrogen and oxygen atoms in total. The van der Waals surface area contributed by atoms with Crippen LogP contribution in [0.3, 0.4) is 0 Å². The van der Waals surface area contributed by atoms with Crippen molar-refractivity contribution in [3.8, 4) is 17.2 Å². The summed E-state index contributed by atoms with van der Waals surface area (Å²) in [5.41, 5.74) is 1.16. The smallest absolute Gasteiger partial charge is 0.243 e. The molecule has 0 aliphatic carbocycles. The molecule has 2 aromatic carbocycles. The average molecular weight is 423 g/mol. The van der Waals surface area contributed by atoms with Gasteiger partial charge in [-0.1, -0.05) is 13.0 Å². The number of sulfonamides is 1. The molecule has 9 heteroatoms. The van der Waals surface area contributed by atoms with E-state index in [9.17, 15) is 13.2 Å². The van der Waals surface area contributed by atoms with E-state index in [1.54, 1.807) is 32.2 Å². The van der Waals surface area contributed by atoms with E-state index in [1.807, 2.05) is 0 Å². The molecule has 158 valence electrons. The highest BCUT2D eigenvalue weighted by atomic mass is 32.2. The molecule has 0 spiro atoms. The lowest BCUT2D eigenvalue weighted by Crippen LogP contribution is -2.30. The first-order chi connectivity index (χ1) is 13.8. The van der Waals surface area contributed by atoms with Crippen molar-refractivity contribution >= 4 is 21.6 Å². The van der Waals surface area contributed by atoms with Crippen LogP contribution in [0.1, 0.15) is 19.4 Å². The van der Waals surface area contributed by atoms with Gasteiger partial charge in [0.25, 0.3) is 0 Å². The zero-order chi connectivity index (χ0) is 21.6. The van der Waals surface area contributed by atoms with Crippen LogP contribution < -0.4 is 19.5 Å². The summed E-state index contributed by atoms with van der Waals surface area (Å²) in [7, 11) is 0.688. The Balaban J connectivity index is 2.36. The summed E-state index contributed by atoms with van der Waals surface area (Å²) in [6.07, 6.45) is 0. The van der Waals surface area contributed by atoms with Gasteiger partial charge in [-0.05, 0) is 29.8 Å². The Labute approximate surface area is 171 Å². The van der Waals surface area contributed by atoms with Crippen LogP contribution in [0.2, 0.25) is 0 Å². The molecule has 0 unspecified atom stereocenters. The van der Waals surface area contributed by atoms with Crippen LogP contribution in [0.15, 0.2) is 41.3 Å². The predicted octanol–water partition coefficient (Wildman–Crippen LogP) is 2.88. The molecular weight excluding hydrogens is 396 g/mol. The monoisotopic (exact) mass is 422 g/mol. The van der Waals surface area contributed by atoms with Gasteiger partial charge in [-0.15, -0.1) is 0 Å². The van der Waals surface area contributed by atoms with Crippen LogP contribution in [0.5, 0.6) is 17.2 Å². The lowest BCUT2D eigenvalue weighted by molar-refractivity contribution is -0.114. The van der Waals surface area contributed by atoms with Gasteiger partial charge in [0.1, 0.15) is 5.75 Å². The van der Waals surface area contributed by atoms with Gasteiger partial charge in [0.15, 0.2) is 11.5 Å². The van der Waals surface area contributed by atoms with Gasteiger partial charge in [-0.3, -0.25) is 4.79 Å². The third-order valence-electron chi connectivity index (χ3n) is 4.28. The maximum Gasteiger partial charge on any atom is 0.243 e. The number of ether oxygens (including phenoxy) is 3. The second-order valence-electron chi connectivity index (χ2n) is 6.16. The number of hydrogen-bond acceptors (Lipinski definition) is 6. The number of rotatable bonds is 9. The Morgan fingerprint density at radius 2 is 1.62 bits per heavy atom. The van der Waals surface area contributed by atoms with Gasteiger partial charge >= 0.3 is 0 Å². The number of anilines is 1. The Kier molecular flexibility index (Phi) is 7.46. The largest absolute Gasteiger partial charge is 0.495 e. The number of benzene rings is 2. The predicted molar refractivity (Wildman–Crippen MR) is 110 cm³/mol. The van der Waals surface area contributed by atoms with Crippen molar-refractivity contribution in [1.29, 1.82) is 0 Å². The van der Waals surface area contributed by atoms with E-state index in [2.05, 4.69) is 5.32 Å². The maximum atomic E-state index is 13.2. The highest BCUT2D eigenvalue weighted by molar-refractivity contribution is 7.89. The number of hydrogen-bond donors (Lipinski definition) is 1. The zero-order valence-corrected chi connectivity index (χ0v) is 18.0. The van der Waals surface area contributed by atoms with Crippen LogP contribution in [0, 0.1) is 0 Å². The summed E-state index contributed by atoms with van der Waals surface area (Å²) in [6, 6.07) is 9.63. The average Bonchev–Trinajstić information content (AvgIpc) is 2.71. The highest BCUT2D eigenvalue weighted by Crippen LogP contribution is 2.31. The summed E-state index contributed by atoms with van der Waals surface area (Å²) < 4.78 is 43.5. The lowest BCUT2D eigenvalue weighted by Gasteiger charge is -2.22. The van der Waals surface area contributed by atoms with Crippen molar-refractivity contribution in [3.63, 3.8) is 0 Å². The summed E-state index contributed by atoms with van der Waals surface area (Å²) in [4.78, 5) is 11.4. The van der Waals surface area contributed by atoms with Crippen molar-refractivity contribution in [3.05, 3.63) is 42.0 Å². The topological polar surface area (TPSA) is 94.2 Å². The molecule has 0 bridgehead atoms. The van der Waals surface area contributed by atoms with Gasteiger partial charge in [-0.25, -0.2) is 8.42 Å². The van der Waals surface area contributed by atoms with Crippen LogP contribution >= 0.6 is 0 Å². The van der Waals surface area contributed by atoms with Gasteiger partial charge in [-0.2, -0.15) is 4.31 Å². The molecule has 0 aliphatic heterocycles. The Morgan fingerprint density at radius 1 is 0.966 bits per heavy atom. The molecule has 2 aromatic rings.